The summed E-state index contributed by atoms with van der Waals surface area (Å²) in [5.41, 5.74) is 0. The van der Waals surface area contributed by atoms with Crippen LogP contribution in [0, 0.1) is 5.92 Å². The van der Waals surface area contributed by atoms with Gasteiger partial charge in [0, 0.05) is 19.7 Å². The average Bonchev–Trinajstić information content (AvgIpc) is 2.91. The van der Waals surface area contributed by atoms with Gasteiger partial charge in [-0.25, -0.2) is 0 Å². The third-order valence-corrected chi connectivity index (χ3v) is 3.04. The van der Waals surface area contributed by atoms with Gasteiger partial charge >= 0.3 is 6.01 Å². The van der Waals surface area contributed by atoms with E-state index >= 15 is 0 Å². The van der Waals surface area contributed by atoms with Crippen LogP contribution in [-0.4, -0.2) is 47.9 Å². The largest absolute Gasteiger partial charge is 0.461 e. The molecule has 6 nitrogen and oxygen atoms in total. The molecule has 0 N–H and O–H groups in total. The van der Waals surface area contributed by atoms with E-state index in [1.54, 1.807) is 0 Å². The van der Waals surface area contributed by atoms with Crippen molar-refractivity contribution in [2.75, 3.05) is 37.8 Å². The summed E-state index contributed by atoms with van der Waals surface area (Å²) in [6, 6.07) is 0.264. The van der Waals surface area contributed by atoms with Crippen molar-refractivity contribution in [1.82, 2.24) is 15.0 Å². The van der Waals surface area contributed by atoms with Crippen molar-refractivity contribution in [2.24, 2.45) is 5.92 Å². The van der Waals surface area contributed by atoms with Crippen molar-refractivity contribution in [2.45, 2.75) is 26.7 Å². The molecule has 1 aromatic heterocycles. The van der Waals surface area contributed by atoms with E-state index in [2.05, 4.69) is 33.7 Å². The number of hydrogen-bond acceptors (Lipinski definition) is 6. The molecular formula is C13H21ClN4O2. The Kier molecular flexibility index (Phi) is 5.79. The molecule has 1 saturated heterocycles. The number of rotatable bonds is 7. The summed E-state index contributed by atoms with van der Waals surface area (Å²) >= 11 is 5.91. The van der Waals surface area contributed by atoms with Crippen LogP contribution in [0.2, 0.25) is 5.28 Å². The first-order valence-corrected chi connectivity index (χ1v) is 7.40. The van der Waals surface area contributed by atoms with Crippen LogP contribution in [-0.2, 0) is 4.74 Å². The number of ether oxygens (including phenoxy) is 2. The van der Waals surface area contributed by atoms with Gasteiger partial charge in [0.2, 0.25) is 11.2 Å². The van der Waals surface area contributed by atoms with E-state index in [9.17, 15) is 0 Å². The average molecular weight is 301 g/mol. The van der Waals surface area contributed by atoms with E-state index in [-0.39, 0.29) is 11.3 Å². The quantitative estimate of drug-likeness (QED) is 0.719. The van der Waals surface area contributed by atoms with Gasteiger partial charge in [0.1, 0.15) is 6.61 Å². The minimum atomic E-state index is 0.167. The van der Waals surface area contributed by atoms with Gasteiger partial charge in [-0.1, -0.05) is 13.8 Å². The Morgan fingerprint density at radius 3 is 2.60 bits per heavy atom. The summed E-state index contributed by atoms with van der Waals surface area (Å²) in [4.78, 5) is 14.5. The zero-order chi connectivity index (χ0) is 14.4. The smallest absolute Gasteiger partial charge is 0.322 e. The standard InChI is InChI=1S/C13H21ClN4O2/c1-10(2)9-19-7-8-20-13-16-11(14)15-12(17-13)18-5-3-4-6-18/h10H,3-9H2,1-2H3. The molecule has 2 rings (SSSR count). The molecule has 1 aromatic rings. The van der Waals surface area contributed by atoms with Gasteiger partial charge in [-0.3, -0.25) is 0 Å². The Hall–Kier alpha value is -1.14. The van der Waals surface area contributed by atoms with Crippen LogP contribution >= 0.6 is 11.6 Å². The molecular weight excluding hydrogens is 280 g/mol. The molecule has 2 heterocycles. The van der Waals surface area contributed by atoms with Crippen molar-refractivity contribution >= 4 is 17.5 Å². The predicted molar refractivity (Wildman–Crippen MR) is 77.4 cm³/mol. The zero-order valence-corrected chi connectivity index (χ0v) is 12.8. The van der Waals surface area contributed by atoms with E-state index in [0.717, 1.165) is 32.5 Å². The molecule has 1 aliphatic heterocycles. The van der Waals surface area contributed by atoms with Crippen LogP contribution in [0.15, 0.2) is 0 Å². The fourth-order valence-corrected chi connectivity index (χ4v) is 2.10. The number of halogens is 1. The van der Waals surface area contributed by atoms with E-state index in [0.29, 0.717) is 25.1 Å². The number of nitrogens with zero attached hydrogens (tertiary/aromatic N) is 4. The molecule has 0 amide bonds. The molecule has 0 spiro atoms. The highest BCUT2D eigenvalue weighted by molar-refractivity contribution is 6.28. The second kappa shape index (κ2) is 7.59. The molecule has 0 aromatic carbocycles. The first kappa shape index (κ1) is 15.3. The molecule has 1 aliphatic rings. The Labute approximate surface area is 124 Å². The molecule has 0 bridgehead atoms. The topological polar surface area (TPSA) is 60.4 Å². The van der Waals surface area contributed by atoms with Crippen LogP contribution in [0.4, 0.5) is 5.95 Å². The van der Waals surface area contributed by atoms with Crippen LogP contribution in [0.1, 0.15) is 26.7 Å². The fraction of sp³-hybridized carbons (Fsp3) is 0.769. The molecule has 0 aliphatic carbocycles. The maximum Gasteiger partial charge on any atom is 0.322 e. The summed E-state index contributed by atoms with van der Waals surface area (Å²) in [5, 5.41) is 0.167. The van der Waals surface area contributed by atoms with Crippen LogP contribution in [0.3, 0.4) is 0 Å². The van der Waals surface area contributed by atoms with Crippen LogP contribution in [0.25, 0.3) is 0 Å². The van der Waals surface area contributed by atoms with Gasteiger partial charge in [-0.15, -0.1) is 0 Å². The van der Waals surface area contributed by atoms with E-state index in [1.165, 1.54) is 0 Å². The highest BCUT2D eigenvalue weighted by Gasteiger charge is 2.17. The Bertz CT molecular complexity index is 425. The Morgan fingerprint density at radius 1 is 1.15 bits per heavy atom. The maximum absolute atomic E-state index is 5.91. The lowest BCUT2D eigenvalue weighted by Gasteiger charge is -2.15. The van der Waals surface area contributed by atoms with Crippen LogP contribution < -0.4 is 9.64 Å². The highest BCUT2D eigenvalue weighted by Crippen LogP contribution is 2.19. The number of aromatic nitrogens is 3. The van der Waals surface area contributed by atoms with Crippen molar-refractivity contribution in [3.8, 4) is 6.01 Å². The van der Waals surface area contributed by atoms with Gasteiger partial charge in [0.15, 0.2) is 0 Å². The Morgan fingerprint density at radius 2 is 1.90 bits per heavy atom. The van der Waals surface area contributed by atoms with Crippen molar-refractivity contribution in [1.29, 1.82) is 0 Å². The van der Waals surface area contributed by atoms with Crippen molar-refractivity contribution in [3.05, 3.63) is 5.28 Å². The lowest BCUT2D eigenvalue weighted by molar-refractivity contribution is 0.0791. The summed E-state index contributed by atoms with van der Waals surface area (Å²) in [7, 11) is 0. The molecule has 0 radical (unpaired) electrons. The monoisotopic (exact) mass is 300 g/mol. The van der Waals surface area contributed by atoms with E-state index < -0.39 is 0 Å². The lowest BCUT2D eigenvalue weighted by atomic mass is 10.2. The molecule has 7 heteroatoms. The fourth-order valence-electron chi connectivity index (χ4n) is 1.96. The number of hydrogen-bond donors (Lipinski definition) is 0. The third kappa shape index (κ3) is 4.76. The first-order chi connectivity index (χ1) is 9.65. The highest BCUT2D eigenvalue weighted by atomic mass is 35.5. The third-order valence-electron chi connectivity index (χ3n) is 2.87. The second-order valence-electron chi connectivity index (χ2n) is 5.20. The minimum Gasteiger partial charge on any atom is -0.461 e. The second-order valence-corrected chi connectivity index (χ2v) is 5.54. The lowest BCUT2D eigenvalue weighted by Crippen LogP contribution is -2.21. The maximum atomic E-state index is 5.91. The van der Waals surface area contributed by atoms with Gasteiger partial charge in [-0.05, 0) is 30.4 Å². The molecule has 0 atom stereocenters. The molecule has 112 valence electrons. The van der Waals surface area contributed by atoms with Gasteiger partial charge < -0.3 is 14.4 Å². The molecule has 20 heavy (non-hydrogen) atoms. The zero-order valence-electron chi connectivity index (χ0n) is 12.0. The normalized spacial score (nSPS) is 15.1. The number of anilines is 1. The van der Waals surface area contributed by atoms with E-state index in [4.69, 9.17) is 21.1 Å². The summed E-state index contributed by atoms with van der Waals surface area (Å²) in [6.07, 6.45) is 2.31. The summed E-state index contributed by atoms with van der Waals surface area (Å²) in [6.45, 7) is 7.77. The molecule has 0 saturated carbocycles. The van der Waals surface area contributed by atoms with Gasteiger partial charge in [-0.2, -0.15) is 15.0 Å². The molecule has 1 fully saturated rings. The first-order valence-electron chi connectivity index (χ1n) is 7.02. The van der Waals surface area contributed by atoms with Crippen molar-refractivity contribution < 1.29 is 9.47 Å². The van der Waals surface area contributed by atoms with Crippen LogP contribution in [0.5, 0.6) is 6.01 Å². The summed E-state index contributed by atoms with van der Waals surface area (Å²) < 4.78 is 10.9. The molecule has 0 unspecified atom stereocenters. The van der Waals surface area contributed by atoms with Gasteiger partial charge in [0.05, 0.1) is 6.61 Å². The Balaban J connectivity index is 1.84. The summed E-state index contributed by atoms with van der Waals surface area (Å²) in [5.74, 6) is 1.11. The SMILES string of the molecule is CC(C)COCCOc1nc(Cl)nc(N2CCCC2)n1. The van der Waals surface area contributed by atoms with Crippen molar-refractivity contribution in [3.63, 3.8) is 0 Å². The minimum absolute atomic E-state index is 0.167. The predicted octanol–water partition coefficient (Wildman–Crippen LogP) is 2.18. The van der Waals surface area contributed by atoms with E-state index in [1.807, 2.05) is 0 Å². The van der Waals surface area contributed by atoms with Gasteiger partial charge in [0.25, 0.3) is 0 Å².